The molecule has 0 bridgehead atoms. The minimum atomic E-state index is -0.0450. The van der Waals surface area contributed by atoms with Crippen molar-refractivity contribution >= 4 is 5.91 Å². The van der Waals surface area contributed by atoms with Gasteiger partial charge in [-0.2, -0.15) is 0 Å². The quantitative estimate of drug-likeness (QED) is 0.844. The van der Waals surface area contributed by atoms with Crippen LogP contribution in [-0.4, -0.2) is 29.4 Å². The fraction of sp³-hybridized carbons (Fsp3) is 0.941. The monoisotopic (exact) mass is 280 g/mol. The summed E-state index contributed by atoms with van der Waals surface area (Å²) in [5.41, 5.74) is 6.21. The molecular weight excluding hydrogens is 248 g/mol. The van der Waals surface area contributed by atoms with Crippen LogP contribution in [0.15, 0.2) is 0 Å². The highest BCUT2D eigenvalue weighted by Gasteiger charge is 2.39. The van der Waals surface area contributed by atoms with Gasteiger partial charge in [-0.05, 0) is 36.5 Å². The summed E-state index contributed by atoms with van der Waals surface area (Å²) in [6.07, 6.45) is 6.79. The van der Waals surface area contributed by atoms with Crippen LogP contribution in [0, 0.1) is 17.3 Å². The average Bonchev–Trinajstić information content (AvgIpc) is 2.38. The van der Waals surface area contributed by atoms with Crippen LogP contribution in [0.3, 0.4) is 0 Å². The standard InChI is InChI=1S/C17H32N2O/c1-12-9-10-19(14-8-6-5-7-13(12)14)16(20)11-15(18)17(2,3)4/h12-15H,5-11,18H2,1-4H3. The third kappa shape index (κ3) is 3.36. The van der Waals surface area contributed by atoms with E-state index >= 15 is 0 Å². The molecule has 0 aromatic heterocycles. The van der Waals surface area contributed by atoms with Gasteiger partial charge in [0.1, 0.15) is 0 Å². The van der Waals surface area contributed by atoms with E-state index in [1.165, 1.54) is 25.7 Å². The first-order chi connectivity index (χ1) is 9.30. The van der Waals surface area contributed by atoms with E-state index < -0.39 is 0 Å². The maximum atomic E-state index is 12.7. The Morgan fingerprint density at radius 1 is 1.25 bits per heavy atom. The Morgan fingerprint density at radius 2 is 1.90 bits per heavy atom. The van der Waals surface area contributed by atoms with E-state index in [4.69, 9.17) is 5.73 Å². The molecule has 116 valence electrons. The van der Waals surface area contributed by atoms with Crippen molar-refractivity contribution in [1.82, 2.24) is 4.90 Å². The summed E-state index contributed by atoms with van der Waals surface area (Å²) in [6.45, 7) is 9.66. The summed E-state index contributed by atoms with van der Waals surface area (Å²) >= 11 is 0. The lowest BCUT2D eigenvalue weighted by molar-refractivity contribution is -0.140. The van der Waals surface area contributed by atoms with Crippen molar-refractivity contribution in [3.8, 4) is 0 Å². The van der Waals surface area contributed by atoms with Crippen LogP contribution in [0.25, 0.3) is 0 Å². The number of nitrogens with two attached hydrogens (primary N) is 1. The van der Waals surface area contributed by atoms with Crippen molar-refractivity contribution in [3.05, 3.63) is 0 Å². The summed E-state index contributed by atoms with van der Waals surface area (Å²) in [7, 11) is 0. The predicted octanol–water partition coefficient (Wildman–Crippen LogP) is 3.18. The van der Waals surface area contributed by atoms with Gasteiger partial charge in [-0.25, -0.2) is 0 Å². The summed E-state index contributed by atoms with van der Waals surface area (Å²) in [5, 5.41) is 0. The lowest BCUT2D eigenvalue weighted by Crippen LogP contribution is -2.53. The highest BCUT2D eigenvalue weighted by molar-refractivity contribution is 5.77. The van der Waals surface area contributed by atoms with Gasteiger partial charge in [0, 0.05) is 25.0 Å². The molecule has 1 heterocycles. The fourth-order valence-electron chi connectivity index (χ4n) is 3.83. The van der Waals surface area contributed by atoms with Crippen molar-refractivity contribution in [2.75, 3.05) is 6.54 Å². The number of hydrogen-bond donors (Lipinski definition) is 1. The van der Waals surface area contributed by atoms with Crippen LogP contribution in [0.1, 0.15) is 66.2 Å². The van der Waals surface area contributed by atoms with Gasteiger partial charge in [0.25, 0.3) is 0 Å². The van der Waals surface area contributed by atoms with Crippen LogP contribution < -0.4 is 5.73 Å². The van der Waals surface area contributed by atoms with Crippen LogP contribution in [0.4, 0.5) is 0 Å². The van der Waals surface area contributed by atoms with Crippen LogP contribution in [0.5, 0.6) is 0 Å². The molecule has 4 atom stereocenters. The van der Waals surface area contributed by atoms with E-state index in [1.807, 2.05) is 0 Å². The Morgan fingerprint density at radius 3 is 2.55 bits per heavy atom. The normalized spacial score (nSPS) is 32.6. The third-order valence-corrected chi connectivity index (χ3v) is 5.57. The first-order valence-corrected chi connectivity index (χ1v) is 8.35. The van der Waals surface area contributed by atoms with E-state index in [9.17, 15) is 4.79 Å². The van der Waals surface area contributed by atoms with Crippen molar-refractivity contribution in [2.24, 2.45) is 23.0 Å². The Labute approximate surface area is 124 Å². The van der Waals surface area contributed by atoms with Gasteiger partial charge in [-0.1, -0.05) is 40.5 Å². The molecule has 1 saturated heterocycles. The molecule has 2 N–H and O–H groups in total. The lowest BCUT2D eigenvalue weighted by atomic mass is 9.72. The van der Waals surface area contributed by atoms with Crippen LogP contribution in [0.2, 0.25) is 0 Å². The molecule has 4 unspecified atom stereocenters. The largest absolute Gasteiger partial charge is 0.339 e. The number of nitrogens with zero attached hydrogens (tertiary/aromatic N) is 1. The summed E-state index contributed by atoms with van der Waals surface area (Å²) in [5.74, 6) is 1.80. The molecule has 0 aromatic rings. The topological polar surface area (TPSA) is 46.3 Å². The number of piperidine rings is 1. The molecular formula is C17H32N2O. The Hall–Kier alpha value is -0.570. The number of amides is 1. The molecule has 2 rings (SSSR count). The van der Waals surface area contributed by atoms with Crippen molar-refractivity contribution in [2.45, 2.75) is 78.3 Å². The first-order valence-electron chi connectivity index (χ1n) is 8.35. The zero-order valence-corrected chi connectivity index (χ0v) is 13.7. The van der Waals surface area contributed by atoms with E-state index in [0.29, 0.717) is 12.5 Å². The van der Waals surface area contributed by atoms with Gasteiger partial charge in [0.2, 0.25) is 5.91 Å². The zero-order valence-electron chi connectivity index (χ0n) is 13.7. The molecule has 1 aliphatic heterocycles. The fourth-order valence-corrected chi connectivity index (χ4v) is 3.83. The molecule has 1 aliphatic carbocycles. The van der Waals surface area contributed by atoms with Crippen LogP contribution >= 0.6 is 0 Å². The molecule has 2 aliphatic rings. The van der Waals surface area contributed by atoms with Gasteiger partial charge in [0.15, 0.2) is 0 Å². The minimum absolute atomic E-state index is 0.00467. The molecule has 1 amide bonds. The number of carbonyl (C=O) groups is 1. The second-order valence-corrected chi connectivity index (χ2v) is 8.05. The number of fused-ring (bicyclic) bond motifs is 1. The molecule has 0 aromatic carbocycles. The number of likely N-dealkylation sites (tertiary alicyclic amines) is 1. The molecule has 3 nitrogen and oxygen atoms in total. The second kappa shape index (κ2) is 6.05. The number of carbonyl (C=O) groups excluding carboxylic acids is 1. The minimum Gasteiger partial charge on any atom is -0.339 e. The summed E-state index contributed by atoms with van der Waals surface area (Å²) in [6, 6.07) is 0.448. The zero-order chi connectivity index (χ0) is 14.9. The van der Waals surface area contributed by atoms with Gasteiger partial charge >= 0.3 is 0 Å². The SMILES string of the molecule is CC1CCN(C(=O)CC(N)C(C)(C)C)C2CCCCC12. The van der Waals surface area contributed by atoms with Crippen molar-refractivity contribution in [1.29, 1.82) is 0 Å². The van der Waals surface area contributed by atoms with Crippen molar-refractivity contribution in [3.63, 3.8) is 0 Å². The molecule has 0 radical (unpaired) electrons. The third-order valence-electron chi connectivity index (χ3n) is 5.57. The molecule has 2 fully saturated rings. The molecule has 20 heavy (non-hydrogen) atoms. The smallest absolute Gasteiger partial charge is 0.224 e. The predicted molar refractivity (Wildman–Crippen MR) is 83.3 cm³/mol. The molecule has 0 spiro atoms. The van der Waals surface area contributed by atoms with Gasteiger partial charge in [-0.3, -0.25) is 4.79 Å². The van der Waals surface area contributed by atoms with Crippen LogP contribution in [-0.2, 0) is 4.79 Å². The maximum Gasteiger partial charge on any atom is 0.224 e. The first kappa shape index (κ1) is 15.8. The van der Waals surface area contributed by atoms with Gasteiger partial charge in [-0.15, -0.1) is 0 Å². The van der Waals surface area contributed by atoms with E-state index in [0.717, 1.165) is 24.8 Å². The Kier molecular flexibility index (Phi) is 4.78. The lowest BCUT2D eigenvalue weighted by Gasteiger charge is -2.47. The van der Waals surface area contributed by atoms with Crippen molar-refractivity contribution < 1.29 is 4.79 Å². The highest BCUT2D eigenvalue weighted by atomic mass is 16.2. The molecule has 1 saturated carbocycles. The maximum absolute atomic E-state index is 12.7. The Balaban J connectivity index is 2.02. The number of rotatable bonds is 2. The van der Waals surface area contributed by atoms with E-state index in [1.54, 1.807) is 0 Å². The second-order valence-electron chi connectivity index (χ2n) is 8.05. The number of hydrogen-bond acceptors (Lipinski definition) is 2. The summed E-state index contributed by atoms with van der Waals surface area (Å²) in [4.78, 5) is 14.8. The molecule has 3 heteroatoms. The van der Waals surface area contributed by atoms with E-state index in [2.05, 4.69) is 32.6 Å². The Bertz CT molecular complexity index is 347. The average molecular weight is 280 g/mol. The highest BCUT2D eigenvalue weighted by Crippen LogP contribution is 2.39. The van der Waals surface area contributed by atoms with Gasteiger partial charge in [0.05, 0.1) is 0 Å². The van der Waals surface area contributed by atoms with E-state index in [-0.39, 0.29) is 17.4 Å². The summed E-state index contributed by atoms with van der Waals surface area (Å²) < 4.78 is 0. The van der Waals surface area contributed by atoms with Gasteiger partial charge < -0.3 is 10.6 Å².